The zero-order valence-electron chi connectivity index (χ0n) is 8.87. The number of carbonyl (C=O) groups excluding carboxylic acids is 1. The summed E-state index contributed by atoms with van der Waals surface area (Å²) in [6.45, 7) is 0. The van der Waals surface area contributed by atoms with E-state index in [1.807, 2.05) is 0 Å². The third-order valence-electron chi connectivity index (χ3n) is 3.81. The maximum Gasteiger partial charge on any atom is 0.123 e. The van der Waals surface area contributed by atoms with Crippen molar-refractivity contribution in [2.75, 3.05) is 0 Å². The highest BCUT2D eigenvalue weighted by Crippen LogP contribution is 2.36. The zero-order valence-corrected chi connectivity index (χ0v) is 8.87. The number of rotatable bonds is 2. The molecular formula is C13H20O. The smallest absolute Gasteiger partial charge is 0.123 e. The van der Waals surface area contributed by atoms with Gasteiger partial charge in [0.15, 0.2) is 0 Å². The fourth-order valence-electron chi connectivity index (χ4n) is 2.86. The first kappa shape index (κ1) is 9.95. The van der Waals surface area contributed by atoms with Gasteiger partial charge in [-0.1, -0.05) is 11.6 Å². The molecule has 1 nitrogen and oxygen atoms in total. The first-order valence-corrected chi connectivity index (χ1v) is 6.04. The van der Waals surface area contributed by atoms with Crippen LogP contribution < -0.4 is 0 Å². The van der Waals surface area contributed by atoms with Crippen LogP contribution in [-0.2, 0) is 4.79 Å². The van der Waals surface area contributed by atoms with Crippen molar-refractivity contribution in [2.45, 2.75) is 51.4 Å². The van der Waals surface area contributed by atoms with E-state index >= 15 is 0 Å². The molecule has 0 heterocycles. The van der Waals surface area contributed by atoms with E-state index in [9.17, 15) is 4.79 Å². The minimum Gasteiger partial charge on any atom is -0.303 e. The molecule has 0 saturated heterocycles. The van der Waals surface area contributed by atoms with E-state index in [2.05, 4.69) is 6.08 Å². The van der Waals surface area contributed by atoms with Crippen LogP contribution in [-0.4, -0.2) is 6.29 Å². The van der Waals surface area contributed by atoms with Crippen LogP contribution in [0.4, 0.5) is 0 Å². The summed E-state index contributed by atoms with van der Waals surface area (Å²) in [6.07, 6.45) is 13.8. The largest absolute Gasteiger partial charge is 0.303 e. The van der Waals surface area contributed by atoms with E-state index < -0.39 is 0 Å². The molecule has 0 aromatic rings. The van der Waals surface area contributed by atoms with Crippen LogP contribution in [0.25, 0.3) is 0 Å². The molecule has 1 saturated carbocycles. The summed E-state index contributed by atoms with van der Waals surface area (Å²) in [4.78, 5) is 10.6. The summed E-state index contributed by atoms with van der Waals surface area (Å²) in [5, 5.41) is 0. The molecule has 0 bridgehead atoms. The van der Waals surface area contributed by atoms with Crippen molar-refractivity contribution in [3.05, 3.63) is 11.6 Å². The lowest BCUT2D eigenvalue weighted by atomic mass is 9.76. The lowest BCUT2D eigenvalue weighted by Gasteiger charge is -2.29. The molecule has 0 amide bonds. The van der Waals surface area contributed by atoms with Gasteiger partial charge < -0.3 is 4.79 Å². The fraction of sp³-hybridized carbons (Fsp3) is 0.769. The lowest BCUT2D eigenvalue weighted by Crippen LogP contribution is -2.17. The average Bonchev–Trinajstić information content (AvgIpc) is 2.30. The highest BCUT2D eigenvalue weighted by molar-refractivity contribution is 5.53. The fourth-order valence-corrected chi connectivity index (χ4v) is 2.86. The molecule has 2 rings (SSSR count). The molecule has 1 fully saturated rings. The van der Waals surface area contributed by atoms with Crippen LogP contribution in [0.1, 0.15) is 51.4 Å². The Kier molecular flexibility index (Phi) is 3.39. The summed E-state index contributed by atoms with van der Waals surface area (Å²) in [5.41, 5.74) is 1.71. The second kappa shape index (κ2) is 4.77. The number of hydrogen-bond acceptors (Lipinski definition) is 1. The van der Waals surface area contributed by atoms with Crippen LogP contribution in [0.5, 0.6) is 0 Å². The molecule has 1 heteroatoms. The van der Waals surface area contributed by atoms with Gasteiger partial charge in [0.25, 0.3) is 0 Å². The van der Waals surface area contributed by atoms with Gasteiger partial charge in [0.2, 0.25) is 0 Å². The maximum atomic E-state index is 10.6. The Labute approximate surface area is 86.6 Å². The van der Waals surface area contributed by atoms with Crippen LogP contribution in [0.2, 0.25) is 0 Å². The molecule has 0 N–H and O–H groups in total. The van der Waals surface area contributed by atoms with Gasteiger partial charge in [0, 0.05) is 5.92 Å². The minimum atomic E-state index is 0.371. The zero-order chi connectivity index (χ0) is 9.80. The van der Waals surface area contributed by atoms with Crippen molar-refractivity contribution in [3.63, 3.8) is 0 Å². The Morgan fingerprint density at radius 1 is 1.14 bits per heavy atom. The number of aldehydes is 1. The van der Waals surface area contributed by atoms with Crippen molar-refractivity contribution in [2.24, 2.45) is 11.8 Å². The van der Waals surface area contributed by atoms with Crippen LogP contribution in [0.3, 0.4) is 0 Å². The molecule has 0 spiro atoms. The van der Waals surface area contributed by atoms with Gasteiger partial charge in [-0.25, -0.2) is 0 Å². The Balaban J connectivity index is 1.88. The first-order chi connectivity index (χ1) is 6.90. The second-order valence-electron chi connectivity index (χ2n) is 4.77. The normalized spacial score (nSPS) is 33.6. The van der Waals surface area contributed by atoms with E-state index in [4.69, 9.17) is 0 Å². The molecule has 0 atom stereocenters. The van der Waals surface area contributed by atoms with Gasteiger partial charge >= 0.3 is 0 Å². The first-order valence-electron chi connectivity index (χ1n) is 6.04. The third kappa shape index (κ3) is 2.26. The maximum absolute atomic E-state index is 10.6. The van der Waals surface area contributed by atoms with Gasteiger partial charge in [-0.2, -0.15) is 0 Å². The predicted octanol–water partition coefficient (Wildman–Crippen LogP) is 3.49. The average molecular weight is 192 g/mol. The monoisotopic (exact) mass is 192 g/mol. The molecular weight excluding hydrogens is 172 g/mol. The summed E-state index contributed by atoms with van der Waals surface area (Å²) in [7, 11) is 0. The van der Waals surface area contributed by atoms with E-state index in [0.29, 0.717) is 5.92 Å². The van der Waals surface area contributed by atoms with E-state index in [-0.39, 0.29) is 0 Å². The molecule has 0 aliphatic heterocycles. The molecule has 2 aliphatic carbocycles. The quantitative estimate of drug-likeness (QED) is 0.483. The van der Waals surface area contributed by atoms with Crippen molar-refractivity contribution >= 4 is 6.29 Å². The molecule has 0 aromatic heterocycles. The standard InChI is InChI=1S/C13H20O/c14-10-11-6-8-13(9-7-11)12-4-2-1-3-5-12/h4,10-11,13H,1-3,5-9H2. The Morgan fingerprint density at radius 3 is 2.50 bits per heavy atom. The highest BCUT2D eigenvalue weighted by Gasteiger charge is 2.23. The van der Waals surface area contributed by atoms with Gasteiger partial charge in [-0.3, -0.25) is 0 Å². The van der Waals surface area contributed by atoms with Crippen molar-refractivity contribution < 1.29 is 4.79 Å². The molecule has 78 valence electrons. The Morgan fingerprint density at radius 2 is 1.93 bits per heavy atom. The van der Waals surface area contributed by atoms with E-state index in [1.54, 1.807) is 5.57 Å². The van der Waals surface area contributed by atoms with Gasteiger partial charge in [-0.05, 0) is 57.3 Å². The predicted molar refractivity (Wildman–Crippen MR) is 58.1 cm³/mol. The molecule has 2 aliphatic rings. The van der Waals surface area contributed by atoms with Crippen LogP contribution >= 0.6 is 0 Å². The number of carbonyl (C=O) groups is 1. The van der Waals surface area contributed by atoms with E-state index in [1.165, 1.54) is 38.5 Å². The third-order valence-corrected chi connectivity index (χ3v) is 3.81. The summed E-state index contributed by atoms with van der Waals surface area (Å²) < 4.78 is 0. The summed E-state index contributed by atoms with van der Waals surface area (Å²) >= 11 is 0. The van der Waals surface area contributed by atoms with E-state index in [0.717, 1.165) is 25.0 Å². The minimum absolute atomic E-state index is 0.371. The molecule has 0 aromatic carbocycles. The van der Waals surface area contributed by atoms with Crippen molar-refractivity contribution in [1.82, 2.24) is 0 Å². The van der Waals surface area contributed by atoms with Crippen molar-refractivity contribution in [3.8, 4) is 0 Å². The van der Waals surface area contributed by atoms with Crippen LogP contribution in [0, 0.1) is 11.8 Å². The van der Waals surface area contributed by atoms with Gasteiger partial charge in [-0.15, -0.1) is 0 Å². The highest BCUT2D eigenvalue weighted by atomic mass is 16.1. The lowest BCUT2D eigenvalue weighted by molar-refractivity contribution is -0.112. The van der Waals surface area contributed by atoms with Crippen LogP contribution in [0.15, 0.2) is 11.6 Å². The SMILES string of the molecule is O=CC1CCC(C2=CCCCC2)CC1. The Hall–Kier alpha value is -0.590. The van der Waals surface area contributed by atoms with Gasteiger partial charge in [0.1, 0.15) is 6.29 Å². The van der Waals surface area contributed by atoms with Crippen molar-refractivity contribution in [1.29, 1.82) is 0 Å². The molecule has 0 radical (unpaired) electrons. The molecule has 0 unspecified atom stereocenters. The Bertz CT molecular complexity index is 221. The number of hydrogen-bond donors (Lipinski definition) is 0. The second-order valence-corrected chi connectivity index (χ2v) is 4.77. The topological polar surface area (TPSA) is 17.1 Å². The molecule has 14 heavy (non-hydrogen) atoms. The summed E-state index contributed by atoms with van der Waals surface area (Å²) in [6, 6.07) is 0. The summed E-state index contributed by atoms with van der Waals surface area (Å²) in [5.74, 6) is 1.20. The number of allylic oxidation sites excluding steroid dienone is 2. The van der Waals surface area contributed by atoms with Gasteiger partial charge in [0.05, 0.1) is 0 Å².